The maximum atomic E-state index is 12.6. The Hall–Kier alpha value is -2.12. The van der Waals surface area contributed by atoms with E-state index in [1.54, 1.807) is 38.1 Å². The first-order valence-electron chi connectivity index (χ1n) is 8.37. The Morgan fingerprint density at radius 2 is 1.50 bits per heavy atom. The molecule has 1 aromatic carbocycles. The van der Waals surface area contributed by atoms with Gasteiger partial charge in [-0.25, -0.2) is 0 Å². The predicted octanol–water partition coefficient (Wildman–Crippen LogP) is 1.88. The Labute approximate surface area is 156 Å². The zero-order valence-electron chi connectivity index (χ0n) is 14.9. The fourth-order valence-electron chi connectivity index (χ4n) is 3.17. The van der Waals surface area contributed by atoms with Crippen molar-refractivity contribution in [1.29, 1.82) is 0 Å². The molecule has 8 heteroatoms. The quantitative estimate of drug-likeness (QED) is 0.592. The number of nitrogens with one attached hydrogen (secondary N) is 1. The van der Waals surface area contributed by atoms with Crippen molar-refractivity contribution in [3.63, 3.8) is 0 Å². The number of carbonyl (C=O) groups excluding carboxylic acids is 3. The normalized spacial score (nSPS) is 24.8. The van der Waals surface area contributed by atoms with E-state index >= 15 is 0 Å². The Bertz CT molecular complexity index is 662. The summed E-state index contributed by atoms with van der Waals surface area (Å²) in [6.07, 6.45) is 0. The molecule has 0 radical (unpaired) electrons. The van der Waals surface area contributed by atoms with Gasteiger partial charge in [0, 0.05) is 11.1 Å². The van der Waals surface area contributed by atoms with Crippen LogP contribution in [0, 0.1) is 11.8 Å². The van der Waals surface area contributed by atoms with Gasteiger partial charge in [0.1, 0.15) is 6.04 Å². The van der Waals surface area contributed by atoms with E-state index in [9.17, 15) is 14.4 Å². The van der Waals surface area contributed by atoms with Crippen molar-refractivity contribution in [2.75, 3.05) is 20.3 Å². The van der Waals surface area contributed by atoms with E-state index in [0.29, 0.717) is 10.6 Å². The molecule has 1 N–H and O–H groups in total. The molecule has 1 fully saturated rings. The van der Waals surface area contributed by atoms with Gasteiger partial charge in [-0.15, -0.1) is 0 Å². The molecule has 2 rings (SSSR count). The van der Waals surface area contributed by atoms with Gasteiger partial charge in [-0.1, -0.05) is 23.7 Å². The summed E-state index contributed by atoms with van der Waals surface area (Å²) in [5, 5.41) is 3.57. The summed E-state index contributed by atoms with van der Waals surface area (Å²) in [6, 6.07) is 5.17. The van der Waals surface area contributed by atoms with E-state index in [1.165, 1.54) is 7.11 Å². The van der Waals surface area contributed by atoms with Crippen molar-refractivity contribution < 1.29 is 28.6 Å². The van der Waals surface area contributed by atoms with Gasteiger partial charge >= 0.3 is 17.9 Å². The van der Waals surface area contributed by atoms with Crippen molar-refractivity contribution in [2.24, 2.45) is 11.8 Å². The number of carbonyl (C=O) groups is 3. The summed E-state index contributed by atoms with van der Waals surface area (Å²) >= 11 is 5.93. The highest BCUT2D eigenvalue weighted by Crippen LogP contribution is 2.39. The van der Waals surface area contributed by atoms with E-state index in [4.69, 9.17) is 25.8 Å². The van der Waals surface area contributed by atoms with Crippen LogP contribution in [-0.2, 0) is 28.6 Å². The van der Waals surface area contributed by atoms with Gasteiger partial charge in [-0.3, -0.25) is 19.7 Å². The number of esters is 3. The maximum absolute atomic E-state index is 12.6. The molecule has 0 aromatic heterocycles. The summed E-state index contributed by atoms with van der Waals surface area (Å²) in [5.74, 6) is -3.86. The summed E-state index contributed by atoms with van der Waals surface area (Å²) in [5.41, 5.74) is 0.702. The van der Waals surface area contributed by atoms with Crippen molar-refractivity contribution in [3.05, 3.63) is 34.9 Å². The molecule has 1 aliphatic rings. The minimum Gasteiger partial charge on any atom is -0.468 e. The average molecular weight is 384 g/mol. The minimum atomic E-state index is -1.05. The lowest BCUT2D eigenvalue weighted by Gasteiger charge is -2.22. The molecule has 1 saturated heterocycles. The number of benzene rings is 1. The Morgan fingerprint density at radius 1 is 0.962 bits per heavy atom. The number of hydrogen-bond donors (Lipinski definition) is 1. The van der Waals surface area contributed by atoms with Crippen LogP contribution in [0.5, 0.6) is 0 Å². The van der Waals surface area contributed by atoms with Gasteiger partial charge in [-0.05, 0) is 31.5 Å². The van der Waals surface area contributed by atoms with E-state index < -0.39 is 41.8 Å². The van der Waals surface area contributed by atoms with Crippen LogP contribution in [0.25, 0.3) is 0 Å². The third-order valence-corrected chi connectivity index (χ3v) is 4.52. The second kappa shape index (κ2) is 9.00. The summed E-state index contributed by atoms with van der Waals surface area (Å²) in [4.78, 5) is 37.4. The average Bonchev–Trinajstić information content (AvgIpc) is 3.03. The molecule has 1 aliphatic heterocycles. The standard InChI is InChI=1S/C18H22ClNO6/c1-4-25-16(21)12-13(17(22)26-5-2)15(18(23)24-3)20-14(12)10-6-8-11(19)9-7-10/h6-9,12-15,20H,4-5H2,1-3H3/t12-,13+,14-,15-/m0/s1. The molecule has 7 nitrogen and oxygen atoms in total. The first-order chi connectivity index (χ1) is 12.4. The molecule has 0 bridgehead atoms. The highest BCUT2D eigenvalue weighted by Gasteiger charge is 2.55. The number of rotatable bonds is 6. The van der Waals surface area contributed by atoms with Gasteiger partial charge in [0.2, 0.25) is 0 Å². The Balaban J connectivity index is 2.47. The lowest BCUT2D eigenvalue weighted by Crippen LogP contribution is -2.42. The third-order valence-electron chi connectivity index (χ3n) is 4.27. The molecule has 0 saturated carbocycles. The van der Waals surface area contributed by atoms with Crippen molar-refractivity contribution in [1.82, 2.24) is 5.32 Å². The van der Waals surface area contributed by atoms with Crippen molar-refractivity contribution in [2.45, 2.75) is 25.9 Å². The topological polar surface area (TPSA) is 90.9 Å². The highest BCUT2D eigenvalue weighted by molar-refractivity contribution is 6.30. The molecule has 0 spiro atoms. The molecule has 1 aromatic rings. The first-order valence-corrected chi connectivity index (χ1v) is 8.74. The van der Waals surface area contributed by atoms with Crippen LogP contribution >= 0.6 is 11.6 Å². The second-order valence-corrected chi connectivity index (χ2v) is 6.19. The smallest absolute Gasteiger partial charge is 0.323 e. The fraction of sp³-hybridized carbons (Fsp3) is 0.500. The molecular formula is C18H22ClNO6. The lowest BCUT2D eigenvalue weighted by atomic mass is 9.84. The van der Waals surface area contributed by atoms with Crippen LogP contribution < -0.4 is 5.32 Å². The number of methoxy groups -OCH3 is 1. The van der Waals surface area contributed by atoms with E-state index in [2.05, 4.69) is 5.32 Å². The molecule has 1 heterocycles. The van der Waals surface area contributed by atoms with Gasteiger partial charge in [0.15, 0.2) is 0 Å². The van der Waals surface area contributed by atoms with Crippen LogP contribution in [-0.4, -0.2) is 44.3 Å². The van der Waals surface area contributed by atoms with E-state index in [-0.39, 0.29) is 13.2 Å². The number of halogens is 1. The molecule has 0 unspecified atom stereocenters. The highest BCUT2D eigenvalue weighted by atomic mass is 35.5. The minimum absolute atomic E-state index is 0.129. The largest absolute Gasteiger partial charge is 0.468 e. The molecule has 26 heavy (non-hydrogen) atoms. The number of hydrogen-bond acceptors (Lipinski definition) is 7. The monoisotopic (exact) mass is 383 g/mol. The molecule has 142 valence electrons. The van der Waals surface area contributed by atoms with E-state index in [1.807, 2.05) is 0 Å². The van der Waals surface area contributed by atoms with Crippen LogP contribution in [0.4, 0.5) is 0 Å². The van der Waals surface area contributed by atoms with Gasteiger partial charge < -0.3 is 14.2 Å². The third kappa shape index (κ3) is 4.16. The summed E-state index contributed by atoms with van der Waals surface area (Å²) in [7, 11) is 1.22. The van der Waals surface area contributed by atoms with Gasteiger partial charge in [-0.2, -0.15) is 0 Å². The van der Waals surface area contributed by atoms with E-state index in [0.717, 1.165) is 0 Å². The van der Waals surface area contributed by atoms with Crippen LogP contribution in [0.3, 0.4) is 0 Å². The Kier molecular flexibility index (Phi) is 6.99. The Morgan fingerprint density at radius 3 is 2.00 bits per heavy atom. The van der Waals surface area contributed by atoms with Crippen LogP contribution in [0.15, 0.2) is 24.3 Å². The summed E-state index contributed by atoms with van der Waals surface area (Å²) in [6.45, 7) is 3.61. The van der Waals surface area contributed by atoms with Crippen molar-refractivity contribution in [3.8, 4) is 0 Å². The molecule has 4 atom stereocenters. The van der Waals surface area contributed by atoms with Crippen LogP contribution in [0.2, 0.25) is 5.02 Å². The molecule has 0 aliphatic carbocycles. The molecule has 0 amide bonds. The second-order valence-electron chi connectivity index (χ2n) is 5.75. The SMILES string of the molecule is CCOC(=O)[C@@H]1[C@H](C(=O)OCC)[C@H](c2ccc(Cl)cc2)N[C@@H]1C(=O)OC. The maximum Gasteiger partial charge on any atom is 0.323 e. The fourth-order valence-corrected chi connectivity index (χ4v) is 3.30. The zero-order chi connectivity index (χ0) is 19.3. The van der Waals surface area contributed by atoms with Gasteiger partial charge in [0.25, 0.3) is 0 Å². The molecular weight excluding hydrogens is 362 g/mol. The summed E-state index contributed by atoms with van der Waals surface area (Å²) < 4.78 is 15.1. The lowest BCUT2D eigenvalue weighted by molar-refractivity contribution is -0.162. The van der Waals surface area contributed by atoms with Crippen LogP contribution in [0.1, 0.15) is 25.5 Å². The van der Waals surface area contributed by atoms with Crippen molar-refractivity contribution >= 4 is 29.5 Å². The number of ether oxygens (including phenoxy) is 3. The zero-order valence-corrected chi connectivity index (χ0v) is 15.6. The predicted molar refractivity (Wildman–Crippen MR) is 93.4 cm³/mol. The van der Waals surface area contributed by atoms with Gasteiger partial charge in [0.05, 0.1) is 32.2 Å². The first kappa shape index (κ1) is 20.2.